The highest BCUT2D eigenvalue weighted by atomic mass is 16.2. The molecule has 0 aromatic carbocycles. The lowest BCUT2D eigenvalue weighted by molar-refractivity contribution is -0.128. The number of likely N-dealkylation sites (tertiary alicyclic amines) is 2. The van der Waals surface area contributed by atoms with E-state index in [4.69, 9.17) is 6.42 Å². The van der Waals surface area contributed by atoms with Crippen LogP contribution in [0.5, 0.6) is 0 Å². The monoisotopic (exact) mass is 234 g/mol. The van der Waals surface area contributed by atoms with Gasteiger partial charge in [0.1, 0.15) is 0 Å². The first-order chi connectivity index (χ1) is 8.20. The van der Waals surface area contributed by atoms with Crippen molar-refractivity contribution >= 4 is 5.91 Å². The van der Waals surface area contributed by atoms with Gasteiger partial charge in [0.05, 0.1) is 0 Å². The summed E-state index contributed by atoms with van der Waals surface area (Å²) in [6.45, 7) is 6.08. The Morgan fingerprint density at radius 2 is 2.24 bits per heavy atom. The highest BCUT2D eigenvalue weighted by molar-refractivity contribution is 5.79. The molecular formula is C14H22N2O. The molecule has 3 heteroatoms. The number of rotatable bonds is 3. The molecule has 0 bridgehead atoms. The number of carbonyl (C=O) groups is 1. The molecule has 0 spiro atoms. The highest BCUT2D eigenvalue weighted by Crippen LogP contribution is 2.19. The summed E-state index contributed by atoms with van der Waals surface area (Å²) in [6.07, 6.45) is 9.86. The first-order valence-electron chi connectivity index (χ1n) is 6.68. The Kier molecular flexibility index (Phi) is 4.06. The summed E-state index contributed by atoms with van der Waals surface area (Å²) >= 11 is 0. The molecule has 2 heterocycles. The van der Waals surface area contributed by atoms with Crippen LogP contribution in [0.15, 0.2) is 0 Å². The van der Waals surface area contributed by atoms with Crippen molar-refractivity contribution in [1.82, 2.24) is 9.80 Å². The Morgan fingerprint density at radius 1 is 1.41 bits per heavy atom. The topological polar surface area (TPSA) is 23.6 Å². The van der Waals surface area contributed by atoms with E-state index in [0.717, 1.165) is 19.6 Å². The molecule has 2 aliphatic heterocycles. The zero-order valence-electron chi connectivity index (χ0n) is 10.7. The minimum absolute atomic E-state index is 0.140. The van der Waals surface area contributed by atoms with Gasteiger partial charge in [-0.2, -0.15) is 0 Å². The third kappa shape index (κ3) is 3.01. The fourth-order valence-corrected chi connectivity index (χ4v) is 2.84. The Morgan fingerprint density at radius 3 is 2.88 bits per heavy atom. The number of hydrogen-bond acceptors (Lipinski definition) is 2. The smallest absolute Gasteiger partial charge is 0.223 e. The molecular weight excluding hydrogens is 212 g/mol. The van der Waals surface area contributed by atoms with Crippen LogP contribution in [0.4, 0.5) is 0 Å². The average molecular weight is 234 g/mol. The molecule has 0 saturated carbocycles. The predicted molar refractivity (Wildman–Crippen MR) is 68.4 cm³/mol. The van der Waals surface area contributed by atoms with Crippen molar-refractivity contribution in [3.63, 3.8) is 0 Å². The minimum Gasteiger partial charge on any atom is -0.340 e. The highest BCUT2D eigenvalue weighted by Gasteiger charge is 2.28. The van der Waals surface area contributed by atoms with E-state index in [9.17, 15) is 4.79 Å². The maximum atomic E-state index is 11.7. The molecule has 3 nitrogen and oxygen atoms in total. The first-order valence-corrected chi connectivity index (χ1v) is 6.68. The van der Waals surface area contributed by atoms with Crippen molar-refractivity contribution < 1.29 is 4.79 Å². The van der Waals surface area contributed by atoms with Gasteiger partial charge in [0.25, 0.3) is 0 Å². The van der Waals surface area contributed by atoms with Crippen molar-refractivity contribution in [1.29, 1.82) is 0 Å². The van der Waals surface area contributed by atoms with Crippen LogP contribution in [0.2, 0.25) is 0 Å². The van der Waals surface area contributed by atoms with Gasteiger partial charge in [0, 0.05) is 38.0 Å². The molecule has 0 N–H and O–H groups in total. The number of piperidine rings is 1. The standard InChI is InChI=1S/C14H22N2O/c1-3-13-10-14(17)16(11-13)9-8-15-7-5-4-6-12(15)2/h1,12-13H,4-11H2,2H3. The van der Waals surface area contributed by atoms with E-state index in [1.165, 1.54) is 25.8 Å². The molecule has 0 aromatic rings. The molecule has 0 aliphatic carbocycles. The average Bonchev–Trinajstić information content (AvgIpc) is 2.69. The van der Waals surface area contributed by atoms with Crippen molar-refractivity contribution in [2.75, 3.05) is 26.2 Å². The molecule has 2 rings (SSSR count). The summed E-state index contributed by atoms with van der Waals surface area (Å²) in [6, 6.07) is 0.671. The Balaban J connectivity index is 1.78. The number of nitrogens with zero attached hydrogens (tertiary/aromatic N) is 2. The lowest BCUT2D eigenvalue weighted by atomic mass is 10.0. The normalized spacial score (nSPS) is 30.6. The summed E-state index contributed by atoms with van der Waals surface area (Å²) in [5, 5.41) is 0. The molecule has 94 valence electrons. The maximum Gasteiger partial charge on any atom is 0.223 e. The maximum absolute atomic E-state index is 11.7. The molecule has 17 heavy (non-hydrogen) atoms. The van der Waals surface area contributed by atoms with E-state index < -0.39 is 0 Å². The molecule has 0 radical (unpaired) electrons. The molecule has 1 amide bonds. The number of hydrogen-bond donors (Lipinski definition) is 0. The summed E-state index contributed by atoms with van der Waals surface area (Å²) in [4.78, 5) is 16.1. The van der Waals surface area contributed by atoms with Gasteiger partial charge in [-0.05, 0) is 26.3 Å². The summed E-state index contributed by atoms with van der Waals surface area (Å²) in [5.74, 6) is 3.07. The van der Waals surface area contributed by atoms with Gasteiger partial charge in [0.2, 0.25) is 5.91 Å². The minimum atomic E-state index is 0.140. The Bertz CT molecular complexity index is 321. The third-order valence-electron chi connectivity index (χ3n) is 4.05. The van der Waals surface area contributed by atoms with Crippen LogP contribution in [-0.4, -0.2) is 47.9 Å². The quantitative estimate of drug-likeness (QED) is 0.688. The number of terminal acetylenes is 1. The molecule has 2 fully saturated rings. The van der Waals surface area contributed by atoms with Gasteiger partial charge in [-0.1, -0.05) is 6.42 Å². The van der Waals surface area contributed by atoms with E-state index in [-0.39, 0.29) is 11.8 Å². The van der Waals surface area contributed by atoms with Gasteiger partial charge in [-0.15, -0.1) is 12.3 Å². The van der Waals surface area contributed by atoms with E-state index in [1.54, 1.807) is 0 Å². The van der Waals surface area contributed by atoms with Crippen molar-refractivity contribution in [2.45, 2.75) is 38.6 Å². The lowest BCUT2D eigenvalue weighted by Crippen LogP contribution is -2.42. The van der Waals surface area contributed by atoms with Gasteiger partial charge in [-0.3, -0.25) is 9.69 Å². The Labute approximate surface area is 104 Å². The van der Waals surface area contributed by atoms with Crippen LogP contribution in [-0.2, 0) is 4.79 Å². The van der Waals surface area contributed by atoms with E-state index in [1.807, 2.05) is 4.90 Å². The van der Waals surface area contributed by atoms with Gasteiger partial charge in [0.15, 0.2) is 0 Å². The van der Waals surface area contributed by atoms with Gasteiger partial charge in [-0.25, -0.2) is 0 Å². The fourth-order valence-electron chi connectivity index (χ4n) is 2.84. The summed E-state index contributed by atoms with van der Waals surface area (Å²) in [7, 11) is 0. The number of carbonyl (C=O) groups excluding carboxylic acids is 1. The third-order valence-corrected chi connectivity index (χ3v) is 4.05. The van der Waals surface area contributed by atoms with Crippen molar-refractivity contribution in [2.24, 2.45) is 5.92 Å². The SMILES string of the molecule is C#CC1CC(=O)N(CCN2CCCCC2C)C1. The molecule has 2 unspecified atom stereocenters. The van der Waals surface area contributed by atoms with E-state index in [0.29, 0.717) is 12.5 Å². The predicted octanol–water partition coefficient (Wildman–Crippen LogP) is 1.34. The zero-order chi connectivity index (χ0) is 12.3. The molecule has 0 aromatic heterocycles. The lowest BCUT2D eigenvalue weighted by Gasteiger charge is -2.34. The molecule has 2 aliphatic rings. The van der Waals surface area contributed by atoms with Crippen LogP contribution in [0, 0.1) is 18.3 Å². The second kappa shape index (κ2) is 5.55. The second-order valence-corrected chi connectivity index (χ2v) is 5.29. The summed E-state index contributed by atoms with van der Waals surface area (Å²) < 4.78 is 0. The van der Waals surface area contributed by atoms with Crippen LogP contribution in [0.25, 0.3) is 0 Å². The zero-order valence-corrected chi connectivity index (χ0v) is 10.7. The van der Waals surface area contributed by atoms with Gasteiger partial charge >= 0.3 is 0 Å². The van der Waals surface area contributed by atoms with Gasteiger partial charge < -0.3 is 4.90 Å². The second-order valence-electron chi connectivity index (χ2n) is 5.29. The van der Waals surface area contributed by atoms with Crippen LogP contribution >= 0.6 is 0 Å². The van der Waals surface area contributed by atoms with Crippen molar-refractivity contribution in [3.8, 4) is 12.3 Å². The fraction of sp³-hybridized carbons (Fsp3) is 0.786. The summed E-state index contributed by atoms with van der Waals surface area (Å²) in [5.41, 5.74) is 0. The van der Waals surface area contributed by atoms with Crippen molar-refractivity contribution in [3.05, 3.63) is 0 Å². The van der Waals surface area contributed by atoms with Crippen LogP contribution in [0.1, 0.15) is 32.6 Å². The molecule has 2 saturated heterocycles. The largest absolute Gasteiger partial charge is 0.340 e. The number of amides is 1. The van der Waals surface area contributed by atoms with E-state index >= 15 is 0 Å². The van der Waals surface area contributed by atoms with E-state index in [2.05, 4.69) is 17.7 Å². The first kappa shape index (κ1) is 12.4. The van der Waals surface area contributed by atoms with Crippen LogP contribution < -0.4 is 0 Å². The van der Waals surface area contributed by atoms with Crippen LogP contribution in [0.3, 0.4) is 0 Å². The molecule has 2 atom stereocenters. The Hall–Kier alpha value is -1.01.